The summed E-state index contributed by atoms with van der Waals surface area (Å²) >= 11 is 0. The molecule has 0 saturated heterocycles. The van der Waals surface area contributed by atoms with Crippen molar-refractivity contribution in [3.8, 4) is 0 Å². The first-order chi connectivity index (χ1) is 52.1. The molecule has 2 aromatic carbocycles. The van der Waals surface area contributed by atoms with Crippen molar-refractivity contribution in [3.05, 3.63) is 59.7 Å². The monoisotopic (exact) mass is 1560 g/mol. The van der Waals surface area contributed by atoms with E-state index in [1.165, 1.54) is 513 Å². The number of benzene rings is 2. The smallest absolute Gasteiger partial charge is 0.744 e. The Kier molecular flexibility index (Phi) is 86.0. The Morgan fingerprint density at radius 3 is 0.393 bits per heavy atom. The summed E-state index contributed by atoms with van der Waals surface area (Å²) in [5, 5.41) is 0. The summed E-state index contributed by atoms with van der Waals surface area (Å²) in [6, 6.07) is 13.3. The minimum absolute atomic E-state index is 0. The van der Waals surface area contributed by atoms with Crippen molar-refractivity contribution in [2.75, 3.05) is 0 Å². The molecule has 0 amide bonds. The minimum Gasteiger partial charge on any atom is -0.744 e. The first-order valence-corrected chi connectivity index (χ1v) is 51.0. The minimum atomic E-state index is -4.37. The largest absolute Gasteiger partial charge is 2.00 e. The zero-order valence-electron chi connectivity index (χ0n) is 72.0. The van der Waals surface area contributed by atoms with Crippen LogP contribution in [0.4, 0.5) is 0 Å². The third kappa shape index (κ3) is 79.2. The average molecular weight is 1560 g/mol. The molecule has 0 aromatic heterocycles. The summed E-state index contributed by atoms with van der Waals surface area (Å²) in [6.45, 7) is 4.61. The van der Waals surface area contributed by atoms with Gasteiger partial charge in [0.2, 0.25) is 0 Å². The van der Waals surface area contributed by atoms with Gasteiger partial charge < -0.3 is 9.11 Å². The molecule has 107 heavy (non-hydrogen) atoms. The number of rotatable bonds is 86. The van der Waals surface area contributed by atoms with Crippen LogP contribution in [-0.2, 0) is 33.1 Å². The van der Waals surface area contributed by atoms with Crippen molar-refractivity contribution in [1.82, 2.24) is 0 Å². The molecule has 0 saturated carbocycles. The molecule has 6 nitrogen and oxygen atoms in total. The van der Waals surface area contributed by atoms with E-state index in [0.29, 0.717) is 24.0 Å². The Morgan fingerprint density at radius 2 is 0.280 bits per heavy atom. The van der Waals surface area contributed by atoms with Crippen LogP contribution in [-0.4, -0.2) is 63.7 Å². The fourth-order valence-corrected chi connectivity index (χ4v) is 17.9. The molecular formula is C98H182CaO6S2. The van der Waals surface area contributed by atoms with Crippen molar-refractivity contribution in [2.45, 2.75) is 563 Å². The zero-order valence-corrected chi connectivity index (χ0v) is 75.8. The summed E-state index contributed by atoms with van der Waals surface area (Å²) in [5.41, 5.74) is 1.35. The Balaban J connectivity index is 0.00000208. The van der Waals surface area contributed by atoms with Gasteiger partial charge in [0.15, 0.2) is 0 Å². The molecule has 0 spiro atoms. The SMILES string of the molecule is CCCCCCCCCCCCCCCCCCCCCCCCCCCCCCCCCCCCCCCCCCCc1ccccc1S(=O)(=O)[O-].CCCCCCCCCCCCCCCCCCCCCCCCCCCCCCCCCCCCCCCCCCCc1ccccc1S(=O)(=O)[O-].[Ca+2]. The van der Waals surface area contributed by atoms with Crippen molar-refractivity contribution < 1.29 is 25.9 Å². The predicted molar refractivity (Wildman–Crippen MR) is 472 cm³/mol. The first-order valence-electron chi connectivity index (χ1n) is 48.2. The molecule has 0 aliphatic heterocycles. The maximum absolute atomic E-state index is 11.4. The zero-order chi connectivity index (χ0) is 76.4. The fraction of sp³-hybridized carbons (Fsp3) is 0.878. The predicted octanol–water partition coefficient (Wildman–Crippen LogP) is 33.9. The molecule has 9 heteroatoms. The summed E-state index contributed by atoms with van der Waals surface area (Å²) in [7, 11) is -8.74. The number of aryl methyl sites for hydroxylation is 2. The molecule has 0 aliphatic rings. The quantitative estimate of drug-likeness (QED) is 0.0370. The van der Waals surface area contributed by atoms with E-state index in [2.05, 4.69) is 13.8 Å². The molecule has 0 unspecified atom stereocenters. The van der Waals surface area contributed by atoms with Crippen LogP contribution in [0.3, 0.4) is 0 Å². The van der Waals surface area contributed by atoms with Gasteiger partial charge in [-0.2, -0.15) is 0 Å². The Bertz CT molecular complexity index is 2110. The second-order valence-electron chi connectivity index (χ2n) is 33.9. The molecule has 0 heterocycles. The third-order valence-corrected chi connectivity index (χ3v) is 25.5. The van der Waals surface area contributed by atoms with Gasteiger partial charge >= 0.3 is 37.7 Å². The molecule has 0 aliphatic carbocycles. The Labute approximate surface area is 700 Å². The van der Waals surface area contributed by atoms with Crippen LogP contribution >= 0.6 is 0 Å². The van der Waals surface area contributed by atoms with Gasteiger partial charge in [0.05, 0.1) is 9.79 Å². The maximum Gasteiger partial charge on any atom is 2.00 e. The number of unbranched alkanes of at least 4 members (excludes halogenated alkanes) is 80. The van der Waals surface area contributed by atoms with E-state index in [0.717, 1.165) is 25.7 Å². The third-order valence-electron chi connectivity index (χ3n) is 23.6. The topological polar surface area (TPSA) is 114 Å². The van der Waals surface area contributed by atoms with Crippen molar-refractivity contribution in [2.24, 2.45) is 0 Å². The van der Waals surface area contributed by atoms with Crippen molar-refractivity contribution in [1.29, 1.82) is 0 Å². The van der Waals surface area contributed by atoms with Crippen LogP contribution in [0.1, 0.15) is 551 Å². The molecule has 0 N–H and O–H groups in total. The van der Waals surface area contributed by atoms with Gasteiger partial charge in [-0.05, 0) is 48.9 Å². The summed E-state index contributed by atoms with van der Waals surface area (Å²) in [6.07, 6.45) is 118. The van der Waals surface area contributed by atoms with Gasteiger partial charge in [0.1, 0.15) is 20.2 Å². The average Bonchev–Trinajstić information content (AvgIpc) is 0.847. The normalized spacial score (nSPS) is 11.8. The molecule has 0 bridgehead atoms. The molecule has 624 valence electrons. The van der Waals surface area contributed by atoms with E-state index in [1.54, 1.807) is 24.3 Å². The van der Waals surface area contributed by atoms with Crippen LogP contribution in [0.25, 0.3) is 0 Å². The van der Waals surface area contributed by atoms with Gasteiger partial charge in [-0.3, -0.25) is 0 Å². The van der Waals surface area contributed by atoms with Gasteiger partial charge in [0, 0.05) is 0 Å². The van der Waals surface area contributed by atoms with Gasteiger partial charge in [-0.1, -0.05) is 564 Å². The molecule has 0 atom stereocenters. The van der Waals surface area contributed by atoms with E-state index in [9.17, 15) is 25.9 Å². The fourth-order valence-electron chi connectivity index (χ4n) is 16.5. The second-order valence-corrected chi connectivity index (χ2v) is 36.6. The van der Waals surface area contributed by atoms with E-state index in [4.69, 9.17) is 0 Å². The van der Waals surface area contributed by atoms with Crippen LogP contribution in [0.15, 0.2) is 58.3 Å². The summed E-state index contributed by atoms with van der Waals surface area (Å²) < 4.78 is 68.4. The molecule has 0 radical (unpaired) electrons. The molecule has 2 rings (SSSR count). The van der Waals surface area contributed by atoms with Gasteiger partial charge in [-0.25, -0.2) is 16.8 Å². The molecule has 2 aromatic rings. The van der Waals surface area contributed by atoms with Gasteiger partial charge in [-0.15, -0.1) is 0 Å². The summed E-state index contributed by atoms with van der Waals surface area (Å²) in [4.78, 5) is -0.0799. The van der Waals surface area contributed by atoms with E-state index >= 15 is 0 Å². The van der Waals surface area contributed by atoms with Crippen molar-refractivity contribution >= 4 is 58.0 Å². The standard InChI is InChI=1S/2C49H92O3S.Ca/c2*1-2-3-4-5-6-7-8-9-10-11-12-13-14-15-16-17-18-19-20-21-22-23-24-25-26-27-28-29-30-31-32-33-34-35-36-37-38-39-40-41-42-45-48-46-43-44-47-49(48)53(50,51)52;/h2*43-44,46-47H,2-42,45H2,1H3,(H,50,51,52);/q;;+2/p-2. The van der Waals surface area contributed by atoms with E-state index < -0.39 is 20.2 Å². The maximum atomic E-state index is 11.4. The van der Waals surface area contributed by atoms with E-state index in [-0.39, 0.29) is 47.5 Å². The van der Waals surface area contributed by atoms with Crippen LogP contribution < -0.4 is 0 Å². The second kappa shape index (κ2) is 86.4. The van der Waals surface area contributed by atoms with Crippen LogP contribution in [0, 0.1) is 0 Å². The Hall–Kier alpha value is -0.480. The van der Waals surface area contributed by atoms with Crippen molar-refractivity contribution in [3.63, 3.8) is 0 Å². The first kappa shape index (κ1) is 107. The molecule has 0 fully saturated rings. The van der Waals surface area contributed by atoms with Crippen LogP contribution in [0.2, 0.25) is 0 Å². The Morgan fingerprint density at radius 1 is 0.178 bits per heavy atom. The number of hydrogen-bond donors (Lipinski definition) is 0. The number of hydrogen-bond acceptors (Lipinski definition) is 6. The van der Waals surface area contributed by atoms with E-state index in [1.807, 2.05) is 12.1 Å². The molecular weight excluding hydrogens is 1380 g/mol. The van der Waals surface area contributed by atoms with Gasteiger partial charge in [0.25, 0.3) is 0 Å². The summed E-state index contributed by atoms with van der Waals surface area (Å²) in [5.74, 6) is 0. The van der Waals surface area contributed by atoms with Crippen LogP contribution in [0.5, 0.6) is 0 Å².